The molecule has 2 atom stereocenters. The number of carbonyl (C=O) groups is 3. The molecule has 0 heterocycles. The molecule has 0 aromatic heterocycles. The van der Waals surface area contributed by atoms with Crippen LogP contribution in [0.3, 0.4) is 0 Å². The number of esters is 1. The van der Waals surface area contributed by atoms with Crippen molar-refractivity contribution in [2.24, 2.45) is 5.92 Å². The molecule has 0 saturated heterocycles. The van der Waals surface area contributed by atoms with Crippen LogP contribution >= 0.6 is 11.8 Å². The lowest BCUT2D eigenvalue weighted by molar-refractivity contribution is -0.146. The minimum atomic E-state index is -0.815. The molecule has 0 bridgehead atoms. The second kappa shape index (κ2) is 16.0. The summed E-state index contributed by atoms with van der Waals surface area (Å²) in [6, 6.07) is 46.1. The van der Waals surface area contributed by atoms with Crippen molar-refractivity contribution in [1.82, 2.24) is 5.32 Å². The van der Waals surface area contributed by atoms with Gasteiger partial charge in [-0.15, -0.1) is 11.8 Å². The zero-order valence-electron chi connectivity index (χ0n) is 28.3. The van der Waals surface area contributed by atoms with Crippen molar-refractivity contribution < 1.29 is 23.9 Å². The third kappa shape index (κ3) is 7.24. The highest BCUT2D eigenvalue weighted by molar-refractivity contribution is 8.00. The van der Waals surface area contributed by atoms with Crippen molar-refractivity contribution in [3.05, 3.63) is 167 Å². The number of benzene rings is 5. The number of thioether (sulfide) groups is 1. The van der Waals surface area contributed by atoms with E-state index in [-0.39, 0.29) is 24.7 Å². The highest BCUT2D eigenvalue weighted by Crippen LogP contribution is 2.49. The fourth-order valence-electron chi connectivity index (χ4n) is 6.95. The lowest BCUT2D eigenvalue weighted by Crippen LogP contribution is -2.42. The monoisotopic (exact) mass is 683 g/mol. The van der Waals surface area contributed by atoms with Crippen molar-refractivity contribution in [3.8, 4) is 11.1 Å². The van der Waals surface area contributed by atoms with Crippen LogP contribution in [0.1, 0.15) is 53.5 Å². The zero-order valence-corrected chi connectivity index (χ0v) is 29.1. The van der Waals surface area contributed by atoms with Gasteiger partial charge in [0.25, 0.3) is 0 Å². The lowest BCUT2D eigenvalue weighted by Gasteiger charge is -2.36. The van der Waals surface area contributed by atoms with Crippen LogP contribution in [-0.2, 0) is 23.8 Å². The summed E-state index contributed by atoms with van der Waals surface area (Å²) in [5, 5.41) is 2.78. The molecule has 6 rings (SSSR count). The van der Waals surface area contributed by atoms with Gasteiger partial charge in [-0.3, -0.25) is 9.59 Å². The van der Waals surface area contributed by atoms with Gasteiger partial charge in [-0.05, 0) is 45.4 Å². The molecule has 0 aliphatic heterocycles. The van der Waals surface area contributed by atoms with Crippen LogP contribution in [0.15, 0.2) is 140 Å². The Kier molecular flexibility index (Phi) is 11.1. The standard InChI is InChI=1S/C43H41NO5S/c1-3-39(44-42(47)49-28-38-36-25-15-13-23-34(36)35-24-14-16-26-37(35)38)40(45)27-30(41(46)48-2)29-50-43(31-17-7-4-8-18-31,32-19-9-5-10-20-32)33-21-11-6-12-22-33/h4-26,30,38-39H,3,27-29H2,1-2H3,(H,44,47)/t30-,39?/m0/s1. The third-order valence-electron chi connectivity index (χ3n) is 9.46. The molecule has 1 unspecified atom stereocenters. The van der Waals surface area contributed by atoms with E-state index < -0.39 is 28.8 Å². The van der Waals surface area contributed by atoms with Gasteiger partial charge in [0.15, 0.2) is 5.78 Å². The number of rotatable bonds is 14. The first-order chi connectivity index (χ1) is 24.5. The van der Waals surface area contributed by atoms with Crippen molar-refractivity contribution in [3.63, 3.8) is 0 Å². The van der Waals surface area contributed by atoms with Gasteiger partial charge in [0.1, 0.15) is 6.61 Å². The summed E-state index contributed by atoms with van der Waals surface area (Å²) in [4.78, 5) is 40.2. The summed E-state index contributed by atoms with van der Waals surface area (Å²) in [6.07, 6.45) is -0.394. The topological polar surface area (TPSA) is 81.7 Å². The first kappa shape index (κ1) is 34.7. The van der Waals surface area contributed by atoms with Crippen molar-refractivity contribution >= 4 is 29.6 Å². The molecule has 1 amide bonds. The summed E-state index contributed by atoms with van der Waals surface area (Å²) in [6.45, 7) is 1.98. The van der Waals surface area contributed by atoms with Crippen LogP contribution in [0.5, 0.6) is 0 Å². The van der Waals surface area contributed by atoms with E-state index in [2.05, 4.69) is 66.0 Å². The number of ketones is 1. The number of carbonyl (C=O) groups excluding carboxylic acids is 3. The largest absolute Gasteiger partial charge is 0.469 e. The van der Waals surface area contributed by atoms with Gasteiger partial charge in [-0.2, -0.15) is 0 Å². The van der Waals surface area contributed by atoms with E-state index in [1.165, 1.54) is 7.11 Å². The van der Waals surface area contributed by atoms with Gasteiger partial charge >= 0.3 is 12.1 Å². The fraction of sp³-hybridized carbons (Fsp3) is 0.233. The van der Waals surface area contributed by atoms with Gasteiger partial charge in [-0.1, -0.05) is 146 Å². The van der Waals surface area contributed by atoms with E-state index in [0.717, 1.165) is 38.9 Å². The quantitative estimate of drug-likeness (QED) is 0.0931. The number of alkyl carbamates (subject to hydrolysis) is 1. The smallest absolute Gasteiger partial charge is 0.407 e. The van der Waals surface area contributed by atoms with Crippen LogP contribution in [0.25, 0.3) is 11.1 Å². The number of fused-ring (bicyclic) bond motifs is 3. The normalized spacial score (nSPS) is 13.4. The Balaban J connectivity index is 1.17. The SMILES string of the molecule is CCC(NC(=O)OCC1c2ccccc2-c2ccccc21)C(=O)C[C@@H](CSC(c1ccccc1)(c1ccccc1)c1ccccc1)C(=O)OC. The zero-order chi connectivity index (χ0) is 34.9. The Morgan fingerprint density at radius 2 is 1.16 bits per heavy atom. The van der Waals surface area contributed by atoms with Gasteiger partial charge in [0.05, 0.1) is 23.8 Å². The summed E-state index contributed by atoms with van der Waals surface area (Å²) in [5.74, 6) is -1.25. The Bertz CT molecular complexity index is 1770. The van der Waals surface area contributed by atoms with Crippen LogP contribution in [0.4, 0.5) is 4.79 Å². The number of ether oxygens (including phenoxy) is 2. The molecular weight excluding hydrogens is 643 g/mol. The molecule has 0 spiro atoms. The van der Waals surface area contributed by atoms with E-state index in [1.807, 2.05) is 85.8 Å². The summed E-state index contributed by atoms with van der Waals surface area (Å²) in [5.41, 5.74) is 7.67. The molecule has 0 radical (unpaired) electrons. The maximum absolute atomic E-state index is 13.8. The Hall–Kier alpha value is -5.14. The molecule has 0 fully saturated rings. The van der Waals surface area contributed by atoms with E-state index >= 15 is 0 Å². The number of hydrogen-bond acceptors (Lipinski definition) is 6. The van der Waals surface area contributed by atoms with E-state index in [9.17, 15) is 14.4 Å². The molecule has 6 nitrogen and oxygen atoms in total. The third-order valence-corrected chi connectivity index (χ3v) is 11.2. The van der Waals surface area contributed by atoms with Crippen LogP contribution < -0.4 is 5.32 Å². The molecule has 1 aliphatic carbocycles. The van der Waals surface area contributed by atoms with Crippen molar-refractivity contribution in [2.75, 3.05) is 19.5 Å². The Labute approximate surface area is 298 Å². The molecule has 1 N–H and O–H groups in total. The predicted octanol–water partition coefficient (Wildman–Crippen LogP) is 8.78. The maximum Gasteiger partial charge on any atom is 0.407 e. The molecule has 7 heteroatoms. The summed E-state index contributed by atoms with van der Waals surface area (Å²) >= 11 is 1.60. The number of nitrogens with one attached hydrogen (secondary N) is 1. The number of methoxy groups -OCH3 is 1. The van der Waals surface area contributed by atoms with Crippen LogP contribution in [0, 0.1) is 5.92 Å². The van der Waals surface area contributed by atoms with Gasteiger partial charge < -0.3 is 14.8 Å². The molecular formula is C43H41NO5S. The minimum Gasteiger partial charge on any atom is -0.469 e. The highest BCUT2D eigenvalue weighted by Gasteiger charge is 2.39. The molecule has 254 valence electrons. The van der Waals surface area contributed by atoms with Gasteiger partial charge in [0, 0.05) is 18.1 Å². The molecule has 50 heavy (non-hydrogen) atoms. The number of amides is 1. The van der Waals surface area contributed by atoms with E-state index in [1.54, 1.807) is 11.8 Å². The second-order valence-corrected chi connectivity index (χ2v) is 13.6. The van der Waals surface area contributed by atoms with Crippen molar-refractivity contribution in [1.29, 1.82) is 0 Å². The molecule has 5 aromatic carbocycles. The van der Waals surface area contributed by atoms with Crippen LogP contribution in [-0.4, -0.2) is 43.4 Å². The first-order valence-electron chi connectivity index (χ1n) is 17.0. The van der Waals surface area contributed by atoms with Crippen molar-refractivity contribution in [2.45, 2.75) is 36.5 Å². The van der Waals surface area contributed by atoms with E-state index in [0.29, 0.717) is 12.2 Å². The summed E-state index contributed by atoms with van der Waals surface area (Å²) < 4.78 is 10.3. The fourth-order valence-corrected chi connectivity index (χ4v) is 8.56. The average Bonchev–Trinajstić information content (AvgIpc) is 3.50. The number of hydrogen-bond donors (Lipinski definition) is 1. The van der Waals surface area contributed by atoms with Crippen LogP contribution in [0.2, 0.25) is 0 Å². The highest BCUT2D eigenvalue weighted by atomic mass is 32.2. The first-order valence-corrected chi connectivity index (χ1v) is 18.0. The molecule has 5 aromatic rings. The summed E-state index contributed by atoms with van der Waals surface area (Å²) in [7, 11) is 1.34. The van der Waals surface area contributed by atoms with E-state index in [4.69, 9.17) is 9.47 Å². The molecule has 1 aliphatic rings. The second-order valence-electron chi connectivity index (χ2n) is 12.4. The molecule has 0 saturated carbocycles. The van der Waals surface area contributed by atoms with Gasteiger partial charge in [-0.25, -0.2) is 4.79 Å². The Morgan fingerprint density at radius 3 is 1.62 bits per heavy atom. The lowest BCUT2D eigenvalue weighted by atomic mass is 9.84. The maximum atomic E-state index is 13.8. The average molecular weight is 684 g/mol. The Morgan fingerprint density at radius 1 is 0.700 bits per heavy atom. The minimum absolute atomic E-state index is 0.0870. The van der Waals surface area contributed by atoms with Gasteiger partial charge in [0.2, 0.25) is 0 Å². The predicted molar refractivity (Wildman–Crippen MR) is 199 cm³/mol. The number of Topliss-reactive ketones (excluding diaryl/α,β-unsaturated/α-hetero) is 1.